The van der Waals surface area contributed by atoms with Crippen molar-refractivity contribution in [3.05, 3.63) is 21.9 Å². The highest BCUT2D eigenvalue weighted by molar-refractivity contribution is 7.10. The number of carbonyl (C=O) groups is 1. The number of hydrogen-bond donors (Lipinski definition) is 1. The molecule has 2 atom stereocenters. The predicted octanol–water partition coefficient (Wildman–Crippen LogP) is 2.05. The van der Waals surface area contributed by atoms with Gasteiger partial charge in [0, 0.05) is 37.1 Å². The maximum Gasteiger partial charge on any atom is 0.224 e. The number of likely N-dealkylation sites (tertiary alicyclic amines) is 1. The predicted molar refractivity (Wildman–Crippen MR) is 88.8 cm³/mol. The molecule has 4 aliphatic rings. The fourth-order valence-electron chi connectivity index (χ4n) is 4.07. The van der Waals surface area contributed by atoms with Crippen molar-refractivity contribution in [1.29, 1.82) is 0 Å². The molecule has 4 nitrogen and oxygen atoms in total. The van der Waals surface area contributed by atoms with Gasteiger partial charge in [0.1, 0.15) is 0 Å². The van der Waals surface area contributed by atoms with Crippen molar-refractivity contribution in [3.63, 3.8) is 0 Å². The molecule has 1 amide bonds. The second kappa shape index (κ2) is 6.30. The number of nitrogens with zero attached hydrogens (tertiary/aromatic N) is 2. The molecule has 4 saturated heterocycles. The van der Waals surface area contributed by atoms with Crippen LogP contribution in [-0.2, 0) is 17.9 Å². The van der Waals surface area contributed by atoms with Crippen LogP contribution in [-0.4, -0.2) is 47.9 Å². The average molecular weight is 319 g/mol. The number of carbonyl (C=O) groups excluding carboxylic acids is 1. The van der Waals surface area contributed by atoms with Crippen LogP contribution in [0.25, 0.3) is 0 Å². The lowest BCUT2D eigenvalue weighted by Crippen LogP contribution is -2.43. The van der Waals surface area contributed by atoms with Crippen molar-refractivity contribution < 1.29 is 4.79 Å². The zero-order valence-corrected chi connectivity index (χ0v) is 13.9. The molecule has 5 heterocycles. The van der Waals surface area contributed by atoms with E-state index < -0.39 is 0 Å². The molecule has 4 aliphatic heterocycles. The van der Waals surface area contributed by atoms with Gasteiger partial charge >= 0.3 is 0 Å². The summed E-state index contributed by atoms with van der Waals surface area (Å²) in [5.41, 5.74) is 1.47. The molecule has 1 aromatic rings. The molecule has 5 rings (SSSR count). The van der Waals surface area contributed by atoms with E-state index in [1.165, 1.54) is 36.4 Å². The Morgan fingerprint density at radius 2 is 2.00 bits per heavy atom. The Morgan fingerprint density at radius 1 is 1.14 bits per heavy atom. The van der Waals surface area contributed by atoms with E-state index in [2.05, 4.69) is 26.6 Å². The van der Waals surface area contributed by atoms with E-state index in [1.54, 1.807) is 0 Å². The van der Waals surface area contributed by atoms with Crippen LogP contribution in [0.3, 0.4) is 0 Å². The summed E-state index contributed by atoms with van der Waals surface area (Å²) >= 11 is 1.88. The quantitative estimate of drug-likeness (QED) is 0.923. The van der Waals surface area contributed by atoms with Gasteiger partial charge < -0.3 is 5.32 Å². The molecule has 0 unspecified atom stereocenters. The van der Waals surface area contributed by atoms with E-state index in [1.807, 2.05) is 11.3 Å². The largest absolute Gasteiger partial charge is 0.352 e. The van der Waals surface area contributed by atoms with Crippen LogP contribution in [0, 0.1) is 5.92 Å². The van der Waals surface area contributed by atoms with Crippen LogP contribution in [0.15, 0.2) is 11.4 Å². The van der Waals surface area contributed by atoms with Gasteiger partial charge in [-0.25, -0.2) is 0 Å². The van der Waals surface area contributed by atoms with Gasteiger partial charge in [-0.3, -0.25) is 14.6 Å². The highest BCUT2D eigenvalue weighted by Crippen LogP contribution is 2.26. The van der Waals surface area contributed by atoms with Crippen LogP contribution in [0.5, 0.6) is 0 Å². The number of hydrogen-bond acceptors (Lipinski definition) is 4. The summed E-state index contributed by atoms with van der Waals surface area (Å²) in [7, 11) is 0. The first kappa shape index (κ1) is 14.7. The number of thiophene rings is 1. The second-order valence-electron chi connectivity index (χ2n) is 7.08. The van der Waals surface area contributed by atoms with Crippen LogP contribution in [0.2, 0.25) is 0 Å². The lowest BCUT2D eigenvalue weighted by Gasteiger charge is -2.23. The summed E-state index contributed by atoms with van der Waals surface area (Å²) in [6.45, 7) is 6.58. The molecule has 0 spiro atoms. The van der Waals surface area contributed by atoms with Gasteiger partial charge in [0.15, 0.2) is 0 Å². The monoisotopic (exact) mass is 319 g/mol. The van der Waals surface area contributed by atoms with E-state index in [0.29, 0.717) is 6.04 Å². The highest BCUT2D eigenvalue weighted by atomic mass is 32.1. The van der Waals surface area contributed by atoms with E-state index >= 15 is 0 Å². The molecule has 5 heteroatoms. The molecule has 1 aromatic heterocycles. The lowest BCUT2D eigenvalue weighted by molar-refractivity contribution is -0.126. The van der Waals surface area contributed by atoms with Crippen molar-refractivity contribution in [2.24, 2.45) is 5.92 Å². The van der Waals surface area contributed by atoms with E-state index in [4.69, 9.17) is 0 Å². The Kier molecular flexibility index (Phi) is 4.20. The second-order valence-corrected chi connectivity index (χ2v) is 8.07. The maximum absolute atomic E-state index is 11.9. The Morgan fingerprint density at radius 3 is 2.82 bits per heavy atom. The molecule has 120 valence electrons. The van der Waals surface area contributed by atoms with E-state index in [0.717, 1.165) is 39.0 Å². The van der Waals surface area contributed by atoms with Crippen molar-refractivity contribution >= 4 is 17.2 Å². The molecule has 1 N–H and O–H groups in total. The van der Waals surface area contributed by atoms with Crippen molar-refractivity contribution in [3.8, 4) is 0 Å². The summed E-state index contributed by atoms with van der Waals surface area (Å²) in [5.74, 6) is 0.488. The maximum atomic E-state index is 11.9. The summed E-state index contributed by atoms with van der Waals surface area (Å²) in [6.07, 6.45) is 4.93. The summed E-state index contributed by atoms with van der Waals surface area (Å²) < 4.78 is 0. The van der Waals surface area contributed by atoms with E-state index in [9.17, 15) is 4.79 Å². The minimum atomic E-state index is 0.211. The van der Waals surface area contributed by atoms with Crippen molar-refractivity contribution in [2.75, 3.05) is 26.2 Å². The fraction of sp³-hybridized carbons (Fsp3) is 0.706. The molecule has 4 fully saturated rings. The SMILES string of the molecule is O=C1N[C@H]2CC[C@@H]1CN(Cc1cc(CN3CCCC3)cs1)C2. The molecule has 22 heavy (non-hydrogen) atoms. The Bertz CT molecular complexity index is 538. The zero-order valence-electron chi connectivity index (χ0n) is 13.1. The first-order chi connectivity index (χ1) is 10.8. The van der Waals surface area contributed by atoms with Crippen LogP contribution in [0.4, 0.5) is 0 Å². The van der Waals surface area contributed by atoms with Gasteiger partial charge in [-0.2, -0.15) is 0 Å². The van der Waals surface area contributed by atoms with Crippen LogP contribution >= 0.6 is 11.3 Å². The molecule has 2 bridgehead atoms. The lowest BCUT2D eigenvalue weighted by atomic mass is 9.96. The van der Waals surface area contributed by atoms with Gasteiger partial charge in [-0.1, -0.05) is 0 Å². The first-order valence-electron chi connectivity index (χ1n) is 8.57. The normalized spacial score (nSPS) is 29.7. The Labute approximate surface area is 136 Å². The number of piperidine rings is 1. The Hall–Kier alpha value is -0.910. The third-order valence-electron chi connectivity index (χ3n) is 5.23. The summed E-state index contributed by atoms with van der Waals surface area (Å²) in [5, 5.41) is 5.49. The molecule has 0 saturated carbocycles. The third kappa shape index (κ3) is 3.21. The van der Waals surface area contributed by atoms with Crippen LogP contribution in [0.1, 0.15) is 36.1 Å². The van der Waals surface area contributed by atoms with Crippen molar-refractivity contribution in [2.45, 2.75) is 44.8 Å². The average Bonchev–Trinajstić information content (AvgIpc) is 3.07. The third-order valence-corrected chi connectivity index (χ3v) is 6.20. The topological polar surface area (TPSA) is 35.6 Å². The van der Waals surface area contributed by atoms with Gasteiger partial charge in [0.2, 0.25) is 5.91 Å². The summed E-state index contributed by atoms with van der Waals surface area (Å²) in [4.78, 5) is 18.4. The molecule has 0 radical (unpaired) electrons. The van der Waals surface area contributed by atoms with Gasteiger partial charge in [-0.15, -0.1) is 11.3 Å². The minimum absolute atomic E-state index is 0.211. The van der Waals surface area contributed by atoms with Gasteiger partial charge in [-0.05, 0) is 55.8 Å². The zero-order chi connectivity index (χ0) is 14.9. The van der Waals surface area contributed by atoms with Gasteiger partial charge in [0.05, 0.1) is 5.92 Å². The molecular weight excluding hydrogens is 294 g/mol. The van der Waals surface area contributed by atoms with Crippen LogP contribution < -0.4 is 5.32 Å². The molecule has 0 aliphatic carbocycles. The number of amides is 1. The molecular formula is C17H25N3OS. The number of nitrogens with one attached hydrogen (secondary N) is 1. The van der Waals surface area contributed by atoms with Gasteiger partial charge in [0.25, 0.3) is 0 Å². The highest BCUT2D eigenvalue weighted by Gasteiger charge is 2.34. The standard InChI is InChI=1S/C17H25N3OS/c21-17-14-3-4-15(18-17)10-20(9-14)11-16-7-13(12-22-16)8-19-5-1-2-6-19/h7,12,14-15H,1-6,8-11H2,(H,18,21)/t14-,15+/m1/s1. The molecule has 0 aromatic carbocycles. The Balaban J connectivity index is 1.37. The van der Waals surface area contributed by atoms with E-state index in [-0.39, 0.29) is 11.8 Å². The summed E-state index contributed by atoms with van der Waals surface area (Å²) in [6, 6.07) is 2.75. The first-order valence-corrected chi connectivity index (χ1v) is 9.45. The number of rotatable bonds is 4. The fourth-order valence-corrected chi connectivity index (χ4v) is 5.00. The minimum Gasteiger partial charge on any atom is -0.352 e. The smallest absolute Gasteiger partial charge is 0.224 e. The van der Waals surface area contributed by atoms with Crippen molar-refractivity contribution in [1.82, 2.24) is 15.1 Å². The number of fused-ring (bicyclic) bond motifs is 4.